The summed E-state index contributed by atoms with van der Waals surface area (Å²) in [6, 6.07) is 10.5. The number of amides is 2. The molecule has 58 heavy (non-hydrogen) atoms. The van der Waals surface area contributed by atoms with Crippen molar-refractivity contribution in [1.82, 2.24) is 30.3 Å². The van der Waals surface area contributed by atoms with Gasteiger partial charge in [-0.2, -0.15) is 0 Å². The number of hydrogen-bond acceptors (Lipinski definition) is 10. The summed E-state index contributed by atoms with van der Waals surface area (Å²) in [6.45, 7) is 17.7. The van der Waals surface area contributed by atoms with Crippen LogP contribution in [0.2, 0.25) is 0 Å². The van der Waals surface area contributed by atoms with Crippen LogP contribution in [-0.2, 0) is 43.2 Å². The van der Waals surface area contributed by atoms with E-state index in [1.807, 2.05) is 50.4 Å². The maximum Gasteiger partial charge on any atom is 0.324 e. The van der Waals surface area contributed by atoms with E-state index >= 15 is 0 Å². The van der Waals surface area contributed by atoms with E-state index in [0.29, 0.717) is 37.4 Å². The molecule has 4 aromatic rings. The number of hydrogen-bond donors (Lipinski definition) is 2. The van der Waals surface area contributed by atoms with Gasteiger partial charge in [-0.3, -0.25) is 29.4 Å². The van der Waals surface area contributed by atoms with Crippen LogP contribution in [0.3, 0.4) is 0 Å². The zero-order valence-electron chi connectivity index (χ0n) is 34.6. The Balaban J connectivity index is 1.32. The lowest BCUT2D eigenvalue weighted by atomic mass is 9.84. The normalized spacial score (nSPS) is 24.5. The average Bonchev–Trinajstić information content (AvgIpc) is 3.53. The van der Waals surface area contributed by atoms with Crippen LogP contribution < -0.4 is 10.7 Å². The summed E-state index contributed by atoms with van der Waals surface area (Å²) in [5.74, 6) is -1.16. The molecule has 1 saturated carbocycles. The molecule has 6 bridgehead atoms. The molecule has 0 spiro atoms. The van der Waals surface area contributed by atoms with Crippen LogP contribution >= 0.6 is 11.3 Å². The SMILES string of the molecule is C=C/C(=C(\N=CC)[C@H](C)OC)c1c2c3cc(ccc3n1CC)-c1csc(n1)C[C@H](NC(=O)[C@@H]1[C@@H](C)[C@H]1c1ccccn1)C(=O)N1CCC[C@H](N1)C(=O)OCC(C)(C)C2. The molecule has 2 amide bonds. The van der Waals surface area contributed by atoms with Crippen LogP contribution in [0.25, 0.3) is 27.7 Å². The number of nitrogens with one attached hydrogen (secondary N) is 2. The number of hydrazine groups is 1. The first kappa shape index (κ1) is 41.2. The minimum absolute atomic E-state index is 0.0196. The maximum absolute atomic E-state index is 14.4. The standard InChI is InChI=1S/C45H55N7O5S/c1-9-29(40(46-10-2)27(5)56-8)41-31-23-45(6,7)25-57-44(55)33-16-14-20-52(50-33)43(54)34(49-42(53)39-26(4)38(39)32-15-12-13-19-47-32)22-37-48-35(24-58-37)28-17-18-36(30(31)21-28)51(41)11-3/h9-10,12-13,15,17-19,21,24,26-27,33-34,38-39,50H,1,11,14,16,20,22-23,25H2,2-8H3,(H,49,53)/b40-29+,46-10?/t26-,27-,33-,34-,38-,39+/m0/s1. The van der Waals surface area contributed by atoms with Crippen molar-refractivity contribution in [3.05, 3.63) is 88.3 Å². The predicted octanol–water partition coefficient (Wildman–Crippen LogP) is 6.90. The number of esters is 1. The molecule has 1 aliphatic carbocycles. The average molecular weight is 806 g/mol. The number of aliphatic imine (C=N–C) groups is 1. The zero-order valence-corrected chi connectivity index (χ0v) is 35.4. The van der Waals surface area contributed by atoms with Gasteiger partial charge < -0.3 is 19.4 Å². The van der Waals surface area contributed by atoms with Crippen LogP contribution in [0.1, 0.15) is 82.3 Å². The molecule has 2 N–H and O–H groups in total. The summed E-state index contributed by atoms with van der Waals surface area (Å²) in [7, 11) is 1.68. The molecule has 1 aromatic carbocycles. The van der Waals surface area contributed by atoms with Gasteiger partial charge in [0, 0.05) is 89.4 Å². The molecule has 2 fully saturated rings. The monoisotopic (exact) mass is 805 g/mol. The van der Waals surface area contributed by atoms with Gasteiger partial charge in [-0.05, 0) is 75.8 Å². The van der Waals surface area contributed by atoms with Crippen molar-refractivity contribution in [2.75, 3.05) is 20.3 Å². The van der Waals surface area contributed by atoms with Crippen molar-refractivity contribution >= 4 is 51.8 Å². The first-order valence-electron chi connectivity index (χ1n) is 20.3. The molecule has 3 aromatic heterocycles. The molecule has 1 saturated heterocycles. The topological polar surface area (TPSA) is 140 Å². The van der Waals surface area contributed by atoms with Crippen molar-refractivity contribution in [1.29, 1.82) is 0 Å². The highest BCUT2D eigenvalue weighted by Crippen LogP contribution is 2.53. The Bertz CT molecular complexity index is 2260. The number of benzene rings is 1. The molecular weight excluding hydrogens is 751 g/mol. The Morgan fingerprint density at radius 2 is 2.07 bits per heavy atom. The first-order valence-corrected chi connectivity index (χ1v) is 21.2. The van der Waals surface area contributed by atoms with Crippen LogP contribution in [0.4, 0.5) is 0 Å². The Morgan fingerprint density at radius 3 is 2.78 bits per heavy atom. The molecule has 5 heterocycles. The van der Waals surface area contributed by atoms with Gasteiger partial charge in [-0.25, -0.2) is 10.4 Å². The third-order valence-electron chi connectivity index (χ3n) is 11.8. The largest absolute Gasteiger partial charge is 0.464 e. The second kappa shape index (κ2) is 17.1. The Kier molecular flexibility index (Phi) is 12.1. The number of pyridine rings is 1. The highest BCUT2D eigenvalue weighted by Gasteiger charge is 2.54. The van der Waals surface area contributed by atoms with Gasteiger partial charge >= 0.3 is 5.97 Å². The van der Waals surface area contributed by atoms with E-state index < -0.39 is 23.5 Å². The molecular formula is C45H55N7O5S. The number of methoxy groups -OCH3 is 1. The van der Waals surface area contributed by atoms with Crippen molar-refractivity contribution in [2.24, 2.45) is 22.2 Å². The van der Waals surface area contributed by atoms with E-state index in [1.54, 1.807) is 19.5 Å². The number of aryl methyl sites for hydroxylation is 1. The highest BCUT2D eigenvalue weighted by molar-refractivity contribution is 7.10. The number of allylic oxidation sites excluding steroid dienone is 2. The summed E-state index contributed by atoms with van der Waals surface area (Å²) in [5.41, 5.74) is 10.1. The summed E-state index contributed by atoms with van der Waals surface area (Å²) >= 11 is 1.46. The van der Waals surface area contributed by atoms with Gasteiger partial charge in [0.25, 0.3) is 5.91 Å². The molecule has 0 radical (unpaired) electrons. The van der Waals surface area contributed by atoms with Crippen LogP contribution in [0, 0.1) is 17.3 Å². The van der Waals surface area contributed by atoms with E-state index in [1.165, 1.54) is 16.3 Å². The van der Waals surface area contributed by atoms with Crippen molar-refractivity contribution < 1.29 is 23.9 Å². The number of carbonyl (C=O) groups is 3. The lowest BCUT2D eigenvalue weighted by Gasteiger charge is -2.35. The number of nitrogens with zero attached hydrogens (tertiary/aromatic N) is 5. The summed E-state index contributed by atoms with van der Waals surface area (Å²) in [4.78, 5) is 56.4. The van der Waals surface area contributed by atoms with Crippen LogP contribution in [-0.4, -0.2) is 82.0 Å². The maximum atomic E-state index is 14.4. The van der Waals surface area contributed by atoms with E-state index in [0.717, 1.165) is 50.4 Å². The molecule has 13 heteroatoms. The van der Waals surface area contributed by atoms with Crippen molar-refractivity contribution in [3.8, 4) is 11.3 Å². The van der Waals surface area contributed by atoms with Gasteiger partial charge in [0.15, 0.2) is 0 Å². The van der Waals surface area contributed by atoms with Crippen molar-refractivity contribution in [3.63, 3.8) is 0 Å². The Morgan fingerprint density at radius 1 is 1.26 bits per heavy atom. The molecule has 2 aliphatic heterocycles. The molecule has 0 unspecified atom stereocenters. The second-order valence-electron chi connectivity index (χ2n) is 16.4. The third-order valence-corrected chi connectivity index (χ3v) is 12.6. The molecule has 7 rings (SSSR count). The number of ether oxygens (including phenoxy) is 2. The number of rotatable bonds is 9. The number of carbonyl (C=O) groups excluding carboxylic acids is 3. The number of cyclic esters (lactones) is 1. The number of thiazole rings is 1. The fraction of sp³-hybridized carbons (Fsp3) is 0.467. The fourth-order valence-corrected chi connectivity index (χ4v) is 9.49. The Labute approximate surface area is 344 Å². The highest BCUT2D eigenvalue weighted by atomic mass is 32.1. The van der Waals surface area contributed by atoms with Gasteiger partial charge in [0.2, 0.25) is 5.91 Å². The fourth-order valence-electron chi connectivity index (χ4n) is 8.64. The first-order chi connectivity index (χ1) is 27.9. The molecule has 12 nitrogen and oxygen atoms in total. The van der Waals surface area contributed by atoms with E-state index in [9.17, 15) is 14.4 Å². The number of fused-ring (bicyclic) bond motifs is 6. The minimum Gasteiger partial charge on any atom is -0.464 e. The smallest absolute Gasteiger partial charge is 0.324 e. The van der Waals surface area contributed by atoms with E-state index in [4.69, 9.17) is 19.5 Å². The van der Waals surface area contributed by atoms with Gasteiger partial charge in [0.1, 0.15) is 12.1 Å². The van der Waals surface area contributed by atoms with E-state index in [-0.39, 0.29) is 48.7 Å². The van der Waals surface area contributed by atoms with E-state index in [2.05, 4.69) is 65.8 Å². The minimum atomic E-state index is -0.905. The quantitative estimate of drug-likeness (QED) is 0.106. The zero-order chi connectivity index (χ0) is 41.3. The molecule has 306 valence electrons. The summed E-state index contributed by atoms with van der Waals surface area (Å²) in [6.07, 6.45) is 6.98. The number of aromatic nitrogens is 3. The van der Waals surface area contributed by atoms with Gasteiger partial charge in [-0.1, -0.05) is 45.6 Å². The van der Waals surface area contributed by atoms with Gasteiger partial charge in [-0.15, -0.1) is 11.3 Å². The lowest BCUT2D eigenvalue weighted by Crippen LogP contribution is -2.60. The summed E-state index contributed by atoms with van der Waals surface area (Å²) < 4.78 is 14.2. The summed E-state index contributed by atoms with van der Waals surface area (Å²) in [5, 5.41) is 8.37. The van der Waals surface area contributed by atoms with Crippen LogP contribution in [0.15, 0.2) is 71.3 Å². The van der Waals surface area contributed by atoms with Gasteiger partial charge in [0.05, 0.1) is 34.8 Å². The third kappa shape index (κ3) is 8.17. The van der Waals surface area contributed by atoms with Crippen molar-refractivity contribution in [2.45, 2.75) is 97.9 Å². The molecule has 3 aliphatic rings. The van der Waals surface area contributed by atoms with Crippen LogP contribution in [0.5, 0.6) is 0 Å². The molecule has 6 atom stereocenters. The second-order valence-corrected chi connectivity index (χ2v) is 17.3. The Hall–Kier alpha value is -4.98. The lowest BCUT2D eigenvalue weighted by molar-refractivity contribution is -0.155. The predicted molar refractivity (Wildman–Crippen MR) is 228 cm³/mol.